The first kappa shape index (κ1) is 20.5. The topological polar surface area (TPSA) is 72.6 Å². The lowest BCUT2D eigenvalue weighted by molar-refractivity contribution is 0.0971. The molecule has 1 aliphatic rings. The predicted molar refractivity (Wildman–Crippen MR) is 125 cm³/mol. The number of amides is 1. The van der Waals surface area contributed by atoms with Crippen molar-refractivity contribution < 1.29 is 13.9 Å². The van der Waals surface area contributed by atoms with Gasteiger partial charge in [0.25, 0.3) is 5.91 Å². The Bertz CT molecular complexity index is 1380. The molecule has 32 heavy (non-hydrogen) atoms. The summed E-state index contributed by atoms with van der Waals surface area (Å²) in [6, 6.07) is 12.5. The van der Waals surface area contributed by atoms with Gasteiger partial charge in [-0.05, 0) is 28.7 Å². The smallest absolute Gasteiger partial charge is 0.297 e. The highest BCUT2D eigenvalue weighted by Gasteiger charge is 2.44. The van der Waals surface area contributed by atoms with Crippen molar-refractivity contribution >= 4 is 33.3 Å². The molecule has 1 amide bonds. The number of rotatable bonds is 3. The summed E-state index contributed by atoms with van der Waals surface area (Å²) < 4.78 is 11.3. The first-order valence-corrected chi connectivity index (χ1v) is 11.2. The van der Waals surface area contributed by atoms with Crippen molar-refractivity contribution in [3.63, 3.8) is 0 Å². The Kier molecular flexibility index (Phi) is 4.67. The van der Waals surface area contributed by atoms with E-state index in [0.29, 0.717) is 27.4 Å². The van der Waals surface area contributed by atoms with Crippen molar-refractivity contribution in [3.8, 4) is 5.75 Å². The standard InChI is InChI=1S/C25H22N2O4S/c1-25(2,3)15-7-5-14(6-8-15)20-19-21(28)17-10-9-16(30-4)13-18(17)31-22(19)23(29)27(20)24-26-11-12-32-24/h5-13,20H,1-4H3. The summed E-state index contributed by atoms with van der Waals surface area (Å²) >= 11 is 1.35. The van der Waals surface area contributed by atoms with Gasteiger partial charge in [0.1, 0.15) is 11.3 Å². The zero-order valence-electron chi connectivity index (χ0n) is 18.2. The molecule has 162 valence electrons. The number of thiazole rings is 1. The molecule has 0 spiro atoms. The van der Waals surface area contributed by atoms with E-state index >= 15 is 0 Å². The number of hydrogen-bond donors (Lipinski definition) is 0. The maximum atomic E-state index is 13.6. The molecule has 5 rings (SSSR count). The van der Waals surface area contributed by atoms with Crippen LogP contribution >= 0.6 is 11.3 Å². The summed E-state index contributed by atoms with van der Waals surface area (Å²) in [5, 5.41) is 2.74. The van der Waals surface area contributed by atoms with Gasteiger partial charge in [-0.1, -0.05) is 45.0 Å². The average Bonchev–Trinajstić information content (AvgIpc) is 3.40. The van der Waals surface area contributed by atoms with Crippen LogP contribution in [0, 0.1) is 0 Å². The van der Waals surface area contributed by atoms with Crippen LogP contribution in [0.3, 0.4) is 0 Å². The van der Waals surface area contributed by atoms with E-state index < -0.39 is 6.04 Å². The van der Waals surface area contributed by atoms with E-state index in [2.05, 4.69) is 25.8 Å². The molecule has 2 aromatic heterocycles. The molecule has 2 aromatic carbocycles. The minimum Gasteiger partial charge on any atom is -0.497 e. The van der Waals surface area contributed by atoms with Crippen LogP contribution in [0.2, 0.25) is 0 Å². The first-order chi connectivity index (χ1) is 15.3. The molecule has 1 aliphatic heterocycles. The number of fused-ring (bicyclic) bond motifs is 2. The molecule has 0 saturated heterocycles. The van der Waals surface area contributed by atoms with Crippen molar-refractivity contribution in [3.05, 3.63) is 86.7 Å². The van der Waals surface area contributed by atoms with Crippen molar-refractivity contribution in [1.29, 1.82) is 0 Å². The summed E-state index contributed by atoms with van der Waals surface area (Å²) in [4.78, 5) is 33.0. The number of aromatic nitrogens is 1. The molecule has 0 bridgehead atoms. The number of ether oxygens (including phenoxy) is 1. The Labute approximate surface area is 189 Å². The molecule has 4 aromatic rings. The molecule has 6 nitrogen and oxygen atoms in total. The number of benzene rings is 2. The lowest BCUT2D eigenvalue weighted by Gasteiger charge is -2.24. The van der Waals surface area contributed by atoms with E-state index in [9.17, 15) is 9.59 Å². The van der Waals surface area contributed by atoms with Gasteiger partial charge in [-0.3, -0.25) is 14.5 Å². The van der Waals surface area contributed by atoms with Gasteiger partial charge in [0.2, 0.25) is 5.76 Å². The van der Waals surface area contributed by atoms with Crippen LogP contribution in [0.15, 0.2) is 63.3 Å². The molecule has 1 atom stereocenters. The number of nitrogens with zero attached hydrogens (tertiary/aromatic N) is 2. The van der Waals surface area contributed by atoms with E-state index in [4.69, 9.17) is 9.15 Å². The van der Waals surface area contributed by atoms with Gasteiger partial charge < -0.3 is 9.15 Å². The second-order valence-corrected chi connectivity index (χ2v) is 9.67. The quantitative estimate of drug-likeness (QED) is 0.427. The summed E-state index contributed by atoms with van der Waals surface area (Å²) in [6.45, 7) is 6.44. The molecular weight excluding hydrogens is 424 g/mol. The molecule has 7 heteroatoms. The first-order valence-electron chi connectivity index (χ1n) is 10.3. The van der Waals surface area contributed by atoms with Gasteiger partial charge in [-0.15, -0.1) is 11.3 Å². The lowest BCUT2D eigenvalue weighted by atomic mass is 9.86. The monoisotopic (exact) mass is 446 g/mol. The number of anilines is 1. The Hall–Kier alpha value is -3.45. The molecular formula is C25H22N2O4S. The van der Waals surface area contributed by atoms with Crippen molar-refractivity contribution in [1.82, 2.24) is 4.98 Å². The number of hydrogen-bond acceptors (Lipinski definition) is 6. The van der Waals surface area contributed by atoms with Crippen LogP contribution in [0.25, 0.3) is 11.0 Å². The molecule has 0 fully saturated rings. The summed E-state index contributed by atoms with van der Waals surface area (Å²) in [7, 11) is 1.54. The van der Waals surface area contributed by atoms with Crippen molar-refractivity contribution in [2.24, 2.45) is 0 Å². The summed E-state index contributed by atoms with van der Waals surface area (Å²) in [5.74, 6) is 0.231. The molecule has 0 aliphatic carbocycles. The predicted octanol–water partition coefficient (Wildman–Crippen LogP) is 5.31. The highest BCUT2D eigenvalue weighted by atomic mass is 32.1. The summed E-state index contributed by atoms with van der Waals surface area (Å²) in [5.41, 5.74) is 2.44. The van der Waals surface area contributed by atoms with E-state index in [-0.39, 0.29) is 22.5 Å². The van der Waals surface area contributed by atoms with Gasteiger partial charge >= 0.3 is 0 Å². The number of carbonyl (C=O) groups excluding carboxylic acids is 1. The van der Waals surface area contributed by atoms with Crippen LogP contribution in [0.5, 0.6) is 5.75 Å². The fourth-order valence-corrected chi connectivity index (χ4v) is 4.76. The van der Waals surface area contributed by atoms with Gasteiger partial charge in [0.15, 0.2) is 10.6 Å². The molecule has 0 radical (unpaired) electrons. The highest BCUT2D eigenvalue weighted by molar-refractivity contribution is 7.13. The largest absolute Gasteiger partial charge is 0.497 e. The van der Waals surface area contributed by atoms with E-state index in [0.717, 1.165) is 5.56 Å². The van der Waals surface area contributed by atoms with Gasteiger partial charge in [0.05, 0.1) is 24.1 Å². The zero-order valence-corrected chi connectivity index (χ0v) is 19.0. The second-order valence-electron chi connectivity index (χ2n) is 8.80. The van der Waals surface area contributed by atoms with Crippen LogP contribution < -0.4 is 15.1 Å². The normalized spacial score (nSPS) is 15.9. The van der Waals surface area contributed by atoms with Crippen molar-refractivity contribution in [2.45, 2.75) is 32.2 Å². The SMILES string of the molecule is COc1ccc2c(=O)c3c(oc2c1)C(=O)N(c1nccs1)C3c1ccc(C(C)(C)C)cc1. The van der Waals surface area contributed by atoms with E-state index in [1.54, 1.807) is 36.4 Å². The highest BCUT2D eigenvalue weighted by Crippen LogP contribution is 2.42. The fourth-order valence-electron chi connectivity index (χ4n) is 4.09. The minimum absolute atomic E-state index is 0.00872. The third-order valence-electron chi connectivity index (χ3n) is 5.80. The van der Waals surface area contributed by atoms with Crippen LogP contribution in [0.4, 0.5) is 5.13 Å². The second kappa shape index (κ2) is 7.31. The van der Waals surface area contributed by atoms with E-state index in [1.807, 2.05) is 29.6 Å². The maximum absolute atomic E-state index is 13.6. The number of carbonyl (C=O) groups is 1. The van der Waals surface area contributed by atoms with Gasteiger partial charge in [-0.25, -0.2) is 4.98 Å². The maximum Gasteiger partial charge on any atom is 0.297 e. The Morgan fingerprint density at radius 3 is 2.47 bits per heavy atom. The lowest BCUT2D eigenvalue weighted by Crippen LogP contribution is -2.29. The average molecular weight is 447 g/mol. The number of methoxy groups -OCH3 is 1. The van der Waals surface area contributed by atoms with Crippen LogP contribution in [-0.2, 0) is 5.41 Å². The van der Waals surface area contributed by atoms with Crippen molar-refractivity contribution in [2.75, 3.05) is 12.0 Å². The molecule has 3 heterocycles. The third kappa shape index (κ3) is 3.12. The fraction of sp³-hybridized carbons (Fsp3) is 0.240. The van der Waals surface area contributed by atoms with E-state index in [1.165, 1.54) is 16.9 Å². The minimum atomic E-state index is -0.611. The molecule has 1 unspecified atom stereocenters. The van der Waals surface area contributed by atoms with Crippen LogP contribution in [0.1, 0.15) is 54.1 Å². The molecule has 0 N–H and O–H groups in total. The Balaban J connectivity index is 1.75. The Morgan fingerprint density at radius 1 is 1.09 bits per heavy atom. The van der Waals surface area contributed by atoms with Gasteiger partial charge in [0, 0.05) is 17.6 Å². The summed E-state index contributed by atoms with van der Waals surface area (Å²) in [6.07, 6.45) is 1.65. The zero-order chi connectivity index (χ0) is 22.6. The Morgan fingerprint density at radius 2 is 1.84 bits per heavy atom. The van der Waals surface area contributed by atoms with Gasteiger partial charge in [-0.2, -0.15) is 0 Å². The third-order valence-corrected chi connectivity index (χ3v) is 6.57. The van der Waals surface area contributed by atoms with Crippen LogP contribution in [-0.4, -0.2) is 18.0 Å². The molecule has 0 saturated carbocycles.